The smallest absolute Gasteiger partial charge is 0.242 e. The van der Waals surface area contributed by atoms with E-state index < -0.39 is 6.04 Å². The fourth-order valence-electron chi connectivity index (χ4n) is 1.56. The van der Waals surface area contributed by atoms with Gasteiger partial charge in [0.05, 0.1) is 19.1 Å². The Morgan fingerprint density at radius 3 is 2.14 bits per heavy atom. The molecule has 0 spiro atoms. The molecule has 0 saturated carbocycles. The first-order chi connectivity index (χ1) is 9.70. The molecule has 0 rings (SSSR count). The number of hydrogen-bond donors (Lipinski definition) is 2. The van der Waals surface area contributed by atoms with Crippen LogP contribution in [-0.2, 0) is 14.4 Å². The van der Waals surface area contributed by atoms with Crippen molar-refractivity contribution in [2.75, 3.05) is 33.7 Å². The Morgan fingerprint density at radius 2 is 1.71 bits per heavy atom. The molecule has 0 bridgehead atoms. The third-order valence-corrected chi connectivity index (χ3v) is 3.11. The molecule has 0 aliphatic carbocycles. The second-order valence-electron chi connectivity index (χ2n) is 5.59. The molecule has 0 heterocycles. The van der Waals surface area contributed by atoms with Gasteiger partial charge in [-0.1, -0.05) is 20.8 Å². The largest absolute Gasteiger partial charge is 0.347 e. The second-order valence-corrected chi connectivity index (χ2v) is 5.59. The van der Waals surface area contributed by atoms with E-state index in [0.717, 1.165) is 6.42 Å². The van der Waals surface area contributed by atoms with E-state index in [1.807, 2.05) is 20.8 Å². The van der Waals surface area contributed by atoms with Crippen LogP contribution < -0.4 is 11.1 Å². The average Bonchev–Trinajstić information content (AvgIpc) is 2.42. The van der Waals surface area contributed by atoms with Gasteiger partial charge in [0.1, 0.15) is 0 Å². The molecule has 0 aliphatic rings. The summed E-state index contributed by atoms with van der Waals surface area (Å²) in [7, 11) is 3.28. The highest BCUT2D eigenvalue weighted by molar-refractivity contribution is 5.89. The van der Waals surface area contributed by atoms with Gasteiger partial charge < -0.3 is 20.9 Å². The van der Waals surface area contributed by atoms with Gasteiger partial charge in [-0.25, -0.2) is 0 Å². The Labute approximate surface area is 126 Å². The number of nitrogens with zero attached hydrogens (tertiary/aromatic N) is 2. The van der Waals surface area contributed by atoms with Crippen molar-refractivity contribution in [3.63, 3.8) is 0 Å². The molecule has 3 N–H and O–H groups in total. The maximum absolute atomic E-state index is 12.1. The zero-order valence-corrected chi connectivity index (χ0v) is 13.7. The number of nitrogens with one attached hydrogen (secondary N) is 1. The molecule has 0 fully saturated rings. The van der Waals surface area contributed by atoms with Crippen LogP contribution in [-0.4, -0.2) is 67.3 Å². The van der Waals surface area contributed by atoms with Gasteiger partial charge in [-0.15, -0.1) is 0 Å². The van der Waals surface area contributed by atoms with E-state index in [-0.39, 0.29) is 36.7 Å². The maximum Gasteiger partial charge on any atom is 0.242 e. The minimum Gasteiger partial charge on any atom is -0.347 e. The first kappa shape index (κ1) is 19.4. The Kier molecular flexibility index (Phi) is 8.61. The number of carbonyl (C=O) groups is 3. The van der Waals surface area contributed by atoms with Crippen molar-refractivity contribution in [1.29, 1.82) is 0 Å². The van der Waals surface area contributed by atoms with Gasteiger partial charge in [-0.2, -0.15) is 0 Å². The summed E-state index contributed by atoms with van der Waals surface area (Å²) in [6.45, 7) is 5.96. The molecule has 1 atom stereocenters. The van der Waals surface area contributed by atoms with Crippen LogP contribution in [0.1, 0.15) is 27.2 Å². The average molecular weight is 300 g/mol. The predicted molar refractivity (Wildman–Crippen MR) is 81.4 cm³/mol. The molecular weight excluding hydrogens is 272 g/mol. The number of rotatable bonds is 8. The van der Waals surface area contributed by atoms with Crippen LogP contribution in [0.5, 0.6) is 0 Å². The summed E-state index contributed by atoms with van der Waals surface area (Å²) in [5.41, 5.74) is 5.70. The van der Waals surface area contributed by atoms with E-state index in [9.17, 15) is 14.4 Å². The van der Waals surface area contributed by atoms with E-state index in [4.69, 9.17) is 5.73 Å². The van der Waals surface area contributed by atoms with E-state index in [1.165, 1.54) is 9.80 Å². The van der Waals surface area contributed by atoms with Crippen LogP contribution in [0.3, 0.4) is 0 Å². The SMILES string of the molecule is CCCN(CC(=O)N(C)C)C(=O)CNC(=O)[C@@H](N)C(C)C. The highest BCUT2D eigenvalue weighted by Gasteiger charge is 2.21. The van der Waals surface area contributed by atoms with Crippen LogP contribution in [0.2, 0.25) is 0 Å². The van der Waals surface area contributed by atoms with Crippen LogP contribution in [0.15, 0.2) is 0 Å². The molecule has 0 aromatic heterocycles. The van der Waals surface area contributed by atoms with E-state index >= 15 is 0 Å². The summed E-state index contributed by atoms with van der Waals surface area (Å²) >= 11 is 0. The molecule has 0 radical (unpaired) electrons. The maximum atomic E-state index is 12.1. The number of nitrogens with two attached hydrogens (primary N) is 1. The van der Waals surface area contributed by atoms with Crippen molar-refractivity contribution >= 4 is 17.7 Å². The van der Waals surface area contributed by atoms with Crippen LogP contribution in [0.4, 0.5) is 0 Å². The zero-order valence-electron chi connectivity index (χ0n) is 13.7. The third-order valence-electron chi connectivity index (χ3n) is 3.11. The van der Waals surface area contributed by atoms with Crippen molar-refractivity contribution in [2.45, 2.75) is 33.2 Å². The molecule has 0 saturated heterocycles. The van der Waals surface area contributed by atoms with Gasteiger partial charge >= 0.3 is 0 Å². The highest BCUT2D eigenvalue weighted by Crippen LogP contribution is 1.98. The van der Waals surface area contributed by atoms with Crippen molar-refractivity contribution in [2.24, 2.45) is 11.7 Å². The monoisotopic (exact) mass is 300 g/mol. The van der Waals surface area contributed by atoms with Crippen molar-refractivity contribution < 1.29 is 14.4 Å². The van der Waals surface area contributed by atoms with Crippen LogP contribution in [0.25, 0.3) is 0 Å². The zero-order chi connectivity index (χ0) is 16.6. The summed E-state index contributed by atoms with van der Waals surface area (Å²) in [5.74, 6) is -0.783. The number of hydrogen-bond acceptors (Lipinski definition) is 4. The van der Waals surface area contributed by atoms with Crippen molar-refractivity contribution in [1.82, 2.24) is 15.1 Å². The summed E-state index contributed by atoms with van der Waals surface area (Å²) in [6, 6.07) is -0.638. The Balaban J connectivity index is 4.49. The number of amides is 3. The van der Waals surface area contributed by atoms with Crippen LogP contribution >= 0.6 is 0 Å². The predicted octanol–water partition coefficient (Wildman–Crippen LogP) is -0.587. The fourth-order valence-corrected chi connectivity index (χ4v) is 1.56. The fraction of sp³-hybridized carbons (Fsp3) is 0.786. The van der Waals surface area contributed by atoms with Gasteiger partial charge in [-0.3, -0.25) is 14.4 Å². The molecule has 122 valence electrons. The van der Waals surface area contributed by atoms with Crippen molar-refractivity contribution in [3.05, 3.63) is 0 Å². The van der Waals surface area contributed by atoms with Gasteiger partial charge in [0.15, 0.2) is 0 Å². The lowest BCUT2D eigenvalue weighted by molar-refractivity contribution is -0.139. The highest BCUT2D eigenvalue weighted by atomic mass is 16.2. The summed E-state index contributed by atoms with van der Waals surface area (Å²) in [6.07, 6.45) is 0.742. The van der Waals surface area contributed by atoms with Crippen molar-refractivity contribution in [3.8, 4) is 0 Å². The molecular formula is C14H28N4O3. The Morgan fingerprint density at radius 1 is 1.14 bits per heavy atom. The molecule has 0 aromatic rings. The molecule has 0 unspecified atom stereocenters. The topological polar surface area (TPSA) is 95.7 Å². The number of likely N-dealkylation sites (N-methyl/N-ethyl adjacent to an activating group) is 1. The van der Waals surface area contributed by atoms with Gasteiger partial charge in [0, 0.05) is 20.6 Å². The molecule has 3 amide bonds. The van der Waals surface area contributed by atoms with E-state index in [0.29, 0.717) is 6.54 Å². The Bertz CT molecular complexity index is 369. The molecule has 7 nitrogen and oxygen atoms in total. The van der Waals surface area contributed by atoms with Crippen LogP contribution in [0, 0.1) is 5.92 Å². The van der Waals surface area contributed by atoms with Gasteiger partial charge in [0.25, 0.3) is 0 Å². The summed E-state index contributed by atoms with van der Waals surface area (Å²) in [4.78, 5) is 38.4. The third kappa shape index (κ3) is 7.08. The second kappa shape index (κ2) is 9.33. The lowest BCUT2D eigenvalue weighted by Gasteiger charge is -2.24. The molecule has 0 aliphatic heterocycles. The lowest BCUT2D eigenvalue weighted by atomic mass is 10.1. The first-order valence-electron chi connectivity index (χ1n) is 7.21. The van der Waals surface area contributed by atoms with E-state index in [2.05, 4.69) is 5.32 Å². The summed E-state index contributed by atoms with van der Waals surface area (Å²) < 4.78 is 0. The molecule has 21 heavy (non-hydrogen) atoms. The van der Waals surface area contributed by atoms with E-state index in [1.54, 1.807) is 14.1 Å². The first-order valence-corrected chi connectivity index (χ1v) is 7.21. The normalized spacial score (nSPS) is 12.0. The Hall–Kier alpha value is -1.63. The molecule has 7 heteroatoms. The van der Waals surface area contributed by atoms with Gasteiger partial charge in [-0.05, 0) is 12.3 Å². The number of carbonyl (C=O) groups excluding carboxylic acids is 3. The lowest BCUT2D eigenvalue weighted by Crippen LogP contribution is -2.49. The van der Waals surface area contributed by atoms with Gasteiger partial charge in [0.2, 0.25) is 17.7 Å². The summed E-state index contributed by atoms with van der Waals surface area (Å²) in [5, 5.41) is 2.52. The minimum absolute atomic E-state index is 0.00201. The quantitative estimate of drug-likeness (QED) is 0.626. The standard InChI is InChI=1S/C14H28N4O3/c1-6-7-18(9-12(20)17(4)5)11(19)8-16-14(21)13(15)10(2)3/h10,13H,6-9,15H2,1-5H3,(H,16,21)/t13-/m0/s1. The molecule has 0 aromatic carbocycles. The minimum atomic E-state index is -0.638.